The van der Waals surface area contributed by atoms with Crippen molar-refractivity contribution in [2.45, 2.75) is 43.5 Å². The lowest BCUT2D eigenvalue weighted by Crippen LogP contribution is -2.36. The Morgan fingerprint density at radius 2 is 1.91 bits per heavy atom. The topological polar surface area (TPSA) is 63.2 Å². The van der Waals surface area contributed by atoms with Crippen molar-refractivity contribution < 1.29 is 13.2 Å². The monoisotopic (exact) mass is 341 g/mol. The number of benzene rings is 1. The number of thioether (sulfide) groups is 1. The van der Waals surface area contributed by atoms with Crippen LogP contribution in [0.4, 0.5) is 0 Å². The number of hydrogen-bond donors (Lipinski definition) is 1. The number of nitrogens with one attached hydrogen (secondary N) is 1. The van der Waals surface area contributed by atoms with E-state index in [1.807, 2.05) is 12.1 Å². The highest BCUT2D eigenvalue weighted by Crippen LogP contribution is 2.25. The van der Waals surface area contributed by atoms with Crippen LogP contribution in [0.3, 0.4) is 0 Å². The lowest BCUT2D eigenvalue weighted by Gasteiger charge is -2.19. The molecule has 0 bridgehead atoms. The largest absolute Gasteiger partial charge is 0.352 e. The molecule has 6 heteroatoms. The third-order valence-corrected chi connectivity index (χ3v) is 6.47. The van der Waals surface area contributed by atoms with E-state index < -0.39 is 9.84 Å². The maximum Gasteiger partial charge on any atom is 0.230 e. The van der Waals surface area contributed by atoms with Crippen molar-refractivity contribution in [2.24, 2.45) is 0 Å². The second-order valence-electron chi connectivity index (χ2n) is 6.73. The molecule has 1 aromatic carbocycles. The van der Waals surface area contributed by atoms with Crippen LogP contribution in [0.15, 0.2) is 29.2 Å². The van der Waals surface area contributed by atoms with Crippen LogP contribution in [0, 0.1) is 0 Å². The van der Waals surface area contributed by atoms with E-state index in [2.05, 4.69) is 38.2 Å². The van der Waals surface area contributed by atoms with Crippen molar-refractivity contribution in [3.63, 3.8) is 0 Å². The van der Waals surface area contributed by atoms with Gasteiger partial charge in [0.15, 0.2) is 9.84 Å². The first kappa shape index (κ1) is 17.3. The molecule has 1 fully saturated rings. The summed E-state index contributed by atoms with van der Waals surface area (Å²) in [4.78, 5) is 12.9. The Morgan fingerprint density at radius 1 is 1.27 bits per heavy atom. The van der Waals surface area contributed by atoms with Crippen molar-refractivity contribution in [3.8, 4) is 0 Å². The Morgan fingerprint density at radius 3 is 2.41 bits per heavy atom. The van der Waals surface area contributed by atoms with Crippen LogP contribution in [-0.2, 0) is 20.0 Å². The predicted molar refractivity (Wildman–Crippen MR) is 91.1 cm³/mol. The van der Waals surface area contributed by atoms with Crippen LogP contribution < -0.4 is 5.32 Å². The van der Waals surface area contributed by atoms with Gasteiger partial charge < -0.3 is 5.32 Å². The molecule has 1 aliphatic rings. The molecule has 1 amide bonds. The Balaban J connectivity index is 1.81. The molecule has 1 aliphatic heterocycles. The fourth-order valence-electron chi connectivity index (χ4n) is 2.38. The maximum atomic E-state index is 11.9. The zero-order chi connectivity index (χ0) is 16.4. The molecule has 1 heterocycles. The fraction of sp³-hybridized carbons (Fsp3) is 0.562. The number of rotatable bonds is 4. The number of hydrogen-bond acceptors (Lipinski definition) is 4. The van der Waals surface area contributed by atoms with Gasteiger partial charge in [-0.15, -0.1) is 11.8 Å². The van der Waals surface area contributed by atoms with Gasteiger partial charge >= 0.3 is 0 Å². The third-order valence-electron chi connectivity index (χ3n) is 3.69. The smallest absolute Gasteiger partial charge is 0.230 e. The fourth-order valence-corrected chi connectivity index (χ4v) is 4.76. The molecular formula is C16H23NO3S2. The van der Waals surface area contributed by atoms with Gasteiger partial charge in [0.2, 0.25) is 5.91 Å². The highest BCUT2D eigenvalue weighted by atomic mass is 32.2. The van der Waals surface area contributed by atoms with E-state index in [0.29, 0.717) is 12.2 Å². The van der Waals surface area contributed by atoms with Crippen LogP contribution in [0.1, 0.15) is 32.8 Å². The molecule has 1 saturated heterocycles. The average molecular weight is 341 g/mol. The first-order chi connectivity index (χ1) is 10.2. The van der Waals surface area contributed by atoms with Crippen molar-refractivity contribution >= 4 is 27.5 Å². The first-order valence-corrected chi connectivity index (χ1v) is 10.2. The Labute approximate surface area is 137 Å². The summed E-state index contributed by atoms with van der Waals surface area (Å²) in [6.45, 7) is 6.49. The van der Waals surface area contributed by atoms with E-state index in [-0.39, 0.29) is 28.9 Å². The minimum atomic E-state index is -2.95. The van der Waals surface area contributed by atoms with Gasteiger partial charge in [-0.1, -0.05) is 32.9 Å². The van der Waals surface area contributed by atoms with E-state index in [4.69, 9.17) is 0 Å². The van der Waals surface area contributed by atoms with E-state index >= 15 is 0 Å². The van der Waals surface area contributed by atoms with Crippen LogP contribution >= 0.6 is 11.8 Å². The van der Waals surface area contributed by atoms with E-state index in [0.717, 1.165) is 4.90 Å². The minimum Gasteiger partial charge on any atom is -0.352 e. The molecule has 1 N–H and O–H groups in total. The van der Waals surface area contributed by atoms with Crippen LogP contribution in [0.5, 0.6) is 0 Å². The second-order valence-corrected chi connectivity index (χ2v) is 10.0. The first-order valence-electron chi connectivity index (χ1n) is 7.39. The number of amides is 1. The summed E-state index contributed by atoms with van der Waals surface area (Å²) >= 11 is 1.47. The molecular weight excluding hydrogens is 318 g/mol. The second kappa shape index (κ2) is 6.62. The number of sulfone groups is 1. The average Bonchev–Trinajstić information content (AvgIpc) is 2.75. The Bertz CT molecular complexity index is 630. The van der Waals surface area contributed by atoms with Gasteiger partial charge in [-0.3, -0.25) is 4.79 Å². The number of carbonyl (C=O) groups is 1. The van der Waals surface area contributed by atoms with Crippen LogP contribution in [0.25, 0.3) is 0 Å². The standard InChI is InChI=1S/C16H23NO3S2/c1-16(2,3)12-4-6-14(7-5-12)21-10-15(18)17-13-8-9-22(19,20)11-13/h4-7,13H,8-11H2,1-3H3,(H,17,18)/t13-/m1/s1. The normalized spacial score (nSPS) is 20.8. The molecule has 1 atom stereocenters. The van der Waals surface area contributed by atoms with Gasteiger partial charge in [0.05, 0.1) is 17.3 Å². The van der Waals surface area contributed by atoms with Crippen molar-refractivity contribution in [1.29, 1.82) is 0 Å². The number of carbonyl (C=O) groups excluding carboxylic acids is 1. The van der Waals surface area contributed by atoms with Crippen LogP contribution in [0.2, 0.25) is 0 Å². The SMILES string of the molecule is CC(C)(C)c1ccc(SCC(=O)N[C@@H]2CCS(=O)(=O)C2)cc1. The summed E-state index contributed by atoms with van der Waals surface area (Å²) in [5, 5.41) is 2.80. The van der Waals surface area contributed by atoms with Gasteiger partial charge in [-0.05, 0) is 29.5 Å². The maximum absolute atomic E-state index is 11.9. The molecule has 0 radical (unpaired) electrons. The minimum absolute atomic E-state index is 0.0731. The molecule has 0 aliphatic carbocycles. The Hall–Kier alpha value is -1.01. The van der Waals surface area contributed by atoms with Gasteiger partial charge in [0.25, 0.3) is 0 Å². The summed E-state index contributed by atoms with van der Waals surface area (Å²) in [5.74, 6) is 0.459. The molecule has 4 nitrogen and oxygen atoms in total. The molecule has 2 rings (SSSR count). The third kappa shape index (κ3) is 5.02. The summed E-state index contributed by atoms with van der Waals surface area (Å²) in [7, 11) is -2.95. The molecule has 122 valence electrons. The molecule has 22 heavy (non-hydrogen) atoms. The lowest BCUT2D eigenvalue weighted by molar-refractivity contribution is -0.119. The van der Waals surface area contributed by atoms with Crippen molar-refractivity contribution in [1.82, 2.24) is 5.32 Å². The quantitative estimate of drug-likeness (QED) is 0.854. The van der Waals surface area contributed by atoms with E-state index in [1.54, 1.807) is 0 Å². The molecule has 1 aromatic rings. The predicted octanol–water partition coefficient (Wildman–Crippen LogP) is 2.38. The van der Waals surface area contributed by atoms with Gasteiger partial charge in [0, 0.05) is 10.9 Å². The summed E-state index contributed by atoms with van der Waals surface area (Å²) in [6.07, 6.45) is 0.527. The molecule has 0 aromatic heterocycles. The van der Waals surface area contributed by atoms with E-state index in [1.165, 1.54) is 17.3 Å². The van der Waals surface area contributed by atoms with Crippen molar-refractivity contribution in [2.75, 3.05) is 17.3 Å². The zero-order valence-electron chi connectivity index (χ0n) is 13.3. The molecule has 0 unspecified atom stereocenters. The van der Waals surface area contributed by atoms with Gasteiger partial charge in [-0.2, -0.15) is 0 Å². The van der Waals surface area contributed by atoms with Crippen LogP contribution in [-0.4, -0.2) is 37.6 Å². The molecule has 0 saturated carbocycles. The van der Waals surface area contributed by atoms with Crippen molar-refractivity contribution in [3.05, 3.63) is 29.8 Å². The lowest BCUT2D eigenvalue weighted by atomic mass is 9.87. The van der Waals surface area contributed by atoms with Gasteiger partial charge in [0.1, 0.15) is 0 Å². The Kier molecular flexibility index (Phi) is 5.22. The summed E-state index contributed by atoms with van der Waals surface area (Å²) < 4.78 is 22.7. The highest BCUT2D eigenvalue weighted by Gasteiger charge is 2.28. The highest BCUT2D eigenvalue weighted by molar-refractivity contribution is 8.00. The molecule has 0 spiro atoms. The summed E-state index contributed by atoms with van der Waals surface area (Å²) in [6, 6.07) is 8.01. The summed E-state index contributed by atoms with van der Waals surface area (Å²) in [5.41, 5.74) is 1.38. The zero-order valence-corrected chi connectivity index (χ0v) is 14.9. The van der Waals surface area contributed by atoms with Gasteiger partial charge in [-0.25, -0.2) is 8.42 Å². The van der Waals surface area contributed by atoms with E-state index in [9.17, 15) is 13.2 Å².